The Morgan fingerprint density at radius 2 is 0.493 bits per heavy atom. The Morgan fingerprint density at radius 3 is 0.746 bits per heavy atom. The van der Waals surface area contributed by atoms with E-state index in [4.69, 9.17) is 14.2 Å². The zero-order chi connectivity index (χ0) is 48.6. The molecular weight excluding hydrogens is 829 g/mol. The molecule has 0 aromatic rings. The fourth-order valence-corrected chi connectivity index (χ4v) is 8.91. The zero-order valence-electron chi connectivity index (χ0n) is 45.2. The molecule has 0 heterocycles. The van der Waals surface area contributed by atoms with Gasteiger partial charge in [-0.15, -0.1) is 0 Å². The van der Waals surface area contributed by atoms with Crippen molar-refractivity contribution < 1.29 is 28.6 Å². The lowest BCUT2D eigenvalue weighted by Crippen LogP contribution is -2.30. The summed E-state index contributed by atoms with van der Waals surface area (Å²) in [5.74, 6) is -0.869. The molecule has 0 aromatic carbocycles. The number of rotatable bonds is 55. The van der Waals surface area contributed by atoms with E-state index in [1.165, 1.54) is 225 Å². The quantitative estimate of drug-likeness (QED) is 0.0262. The first kappa shape index (κ1) is 64.9. The molecule has 0 aromatic heterocycles. The highest BCUT2D eigenvalue weighted by molar-refractivity contribution is 5.71. The van der Waals surface area contributed by atoms with Crippen LogP contribution in [0.1, 0.15) is 329 Å². The number of hydrogen-bond donors (Lipinski definition) is 0. The van der Waals surface area contributed by atoms with E-state index < -0.39 is 6.10 Å². The Kier molecular flexibility index (Phi) is 54.7. The van der Waals surface area contributed by atoms with Crippen LogP contribution in [0, 0.1) is 0 Å². The molecule has 0 rings (SSSR count). The van der Waals surface area contributed by atoms with Crippen LogP contribution in [0.2, 0.25) is 0 Å². The summed E-state index contributed by atoms with van der Waals surface area (Å²) < 4.78 is 16.7. The number of ether oxygens (including phenoxy) is 3. The standard InChI is InChI=1S/C61H114O6/c1-4-7-10-13-15-17-19-21-23-25-27-29-30-32-33-35-37-39-41-43-45-48-51-54-60(63)66-57-58(56-65-59(62)53-50-47-12-9-6-3)67-61(64)55-52-49-46-44-42-40-38-36-34-31-28-26-24-22-20-18-16-14-11-8-5-2/h25-28,58H,4-24,29-57H2,1-3H3/b27-25-,28-26-. The van der Waals surface area contributed by atoms with E-state index in [0.717, 1.165) is 64.2 Å². The third-order valence-corrected chi connectivity index (χ3v) is 13.4. The smallest absolute Gasteiger partial charge is 0.306 e. The molecule has 1 unspecified atom stereocenters. The summed E-state index contributed by atoms with van der Waals surface area (Å²) in [7, 11) is 0. The van der Waals surface area contributed by atoms with Gasteiger partial charge in [0.25, 0.3) is 0 Å². The number of allylic oxidation sites excluding steroid dienone is 4. The van der Waals surface area contributed by atoms with Gasteiger partial charge in [-0.1, -0.05) is 263 Å². The Labute approximate surface area is 417 Å². The maximum Gasteiger partial charge on any atom is 0.306 e. The molecule has 0 radical (unpaired) electrons. The first-order valence-electron chi connectivity index (χ1n) is 29.8. The first-order chi connectivity index (χ1) is 33.0. The van der Waals surface area contributed by atoms with Crippen molar-refractivity contribution >= 4 is 17.9 Å². The number of esters is 3. The Balaban J connectivity index is 4.04. The van der Waals surface area contributed by atoms with Crippen LogP contribution in [-0.2, 0) is 28.6 Å². The molecule has 0 aliphatic carbocycles. The fourth-order valence-electron chi connectivity index (χ4n) is 8.91. The van der Waals surface area contributed by atoms with Crippen LogP contribution < -0.4 is 0 Å². The summed E-state index contributed by atoms with van der Waals surface area (Å²) in [6.45, 7) is 6.60. The van der Waals surface area contributed by atoms with Gasteiger partial charge in [-0.05, 0) is 70.6 Å². The average Bonchev–Trinajstić information content (AvgIpc) is 3.33. The van der Waals surface area contributed by atoms with Crippen molar-refractivity contribution in [2.24, 2.45) is 0 Å². The fraction of sp³-hybridized carbons (Fsp3) is 0.885. The minimum Gasteiger partial charge on any atom is -0.462 e. The van der Waals surface area contributed by atoms with E-state index in [1.807, 2.05) is 0 Å². The highest BCUT2D eigenvalue weighted by Gasteiger charge is 2.19. The van der Waals surface area contributed by atoms with Crippen LogP contribution in [-0.4, -0.2) is 37.2 Å². The molecule has 67 heavy (non-hydrogen) atoms. The Bertz CT molecular complexity index is 1080. The normalized spacial score (nSPS) is 12.1. The van der Waals surface area contributed by atoms with Crippen LogP contribution in [0.3, 0.4) is 0 Å². The lowest BCUT2D eigenvalue weighted by molar-refractivity contribution is -0.167. The Morgan fingerprint density at radius 1 is 0.284 bits per heavy atom. The van der Waals surface area contributed by atoms with E-state index in [2.05, 4.69) is 45.1 Å². The van der Waals surface area contributed by atoms with Crippen molar-refractivity contribution in [2.75, 3.05) is 13.2 Å². The van der Waals surface area contributed by atoms with Gasteiger partial charge in [0.05, 0.1) is 0 Å². The molecule has 0 spiro atoms. The van der Waals surface area contributed by atoms with Crippen LogP contribution in [0.25, 0.3) is 0 Å². The van der Waals surface area contributed by atoms with Crippen molar-refractivity contribution in [2.45, 2.75) is 335 Å². The van der Waals surface area contributed by atoms with Crippen LogP contribution in [0.15, 0.2) is 24.3 Å². The highest BCUT2D eigenvalue weighted by Crippen LogP contribution is 2.17. The van der Waals surface area contributed by atoms with Gasteiger partial charge in [0.2, 0.25) is 0 Å². The summed E-state index contributed by atoms with van der Waals surface area (Å²) in [6.07, 6.45) is 66.5. The number of hydrogen-bond acceptors (Lipinski definition) is 6. The number of carbonyl (C=O) groups excluding carboxylic acids is 3. The van der Waals surface area contributed by atoms with Crippen molar-refractivity contribution in [1.29, 1.82) is 0 Å². The molecule has 6 heteroatoms. The lowest BCUT2D eigenvalue weighted by Gasteiger charge is -2.18. The van der Waals surface area contributed by atoms with Crippen molar-refractivity contribution in [3.63, 3.8) is 0 Å². The van der Waals surface area contributed by atoms with Crippen molar-refractivity contribution in [3.05, 3.63) is 24.3 Å². The summed E-state index contributed by atoms with van der Waals surface area (Å²) in [5, 5.41) is 0. The maximum atomic E-state index is 12.8. The van der Waals surface area contributed by atoms with Gasteiger partial charge >= 0.3 is 17.9 Å². The summed E-state index contributed by atoms with van der Waals surface area (Å²) in [4.78, 5) is 37.8. The largest absolute Gasteiger partial charge is 0.462 e. The van der Waals surface area contributed by atoms with Crippen LogP contribution >= 0.6 is 0 Å². The van der Waals surface area contributed by atoms with Gasteiger partial charge in [0, 0.05) is 19.3 Å². The molecule has 0 aliphatic heterocycles. The lowest BCUT2D eigenvalue weighted by atomic mass is 10.0. The van der Waals surface area contributed by atoms with Crippen LogP contribution in [0.4, 0.5) is 0 Å². The van der Waals surface area contributed by atoms with Gasteiger partial charge in [-0.25, -0.2) is 0 Å². The van der Waals surface area contributed by atoms with E-state index >= 15 is 0 Å². The van der Waals surface area contributed by atoms with Gasteiger partial charge in [-0.3, -0.25) is 14.4 Å². The molecule has 0 bridgehead atoms. The summed E-state index contributed by atoms with van der Waals surface area (Å²) in [6, 6.07) is 0. The second-order valence-corrected chi connectivity index (χ2v) is 20.3. The molecule has 1 atom stereocenters. The van der Waals surface area contributed by atoms with E-state index in [-0.39, 0.29) is 31.1 Å². The van der Waals surface area contributed by atoms with Gasteiger partial charge < -0.3 is 14.2 Å². The van der Waals surface area contributed by atoms with Gasteiger partial charge in [0.15, 0.2) is 6.10 Å². The average molecular weight is 944 g/mol. The highest BCUT2D eigenvalue weighted by atomic mass is 16.6. The summed E-state index contributed by atoms with van der Waals surface area (Å²) >= 11 is 0. The third kappa shape index (κ3) is 54.7. The topological polar surface area (TPSA) is 78.9 Å². The Hall–Kier alpha value is -2.11. The molecule has 0 saturated heterocycles. The monoisotopic (exact) mass is 943 g/mol. The zero-order valence-corrected chi connectivity index (χ0v) is 45.2. The van der Waals surface area contributed by atoms with Crippen LogP contribution in [0.5, 0.6) is 0 Å². The third-order valence-electron chi connectivity index (χ3n) is 13.4. The molecule has 0 fully saturated rings. The molecule has 6 nitrogen and oxygen atoms in total. The second kappa shape index (κ2) is 56.5. The van der Waals surface area contributed by atoms with Crippen molar-refractivity contribution in [1.82, 2.24) is 0 Å². The second-order valence-electron chi connectivity index (χ2n) is 20.3. The minimum atomic E-state index is -0.767. The SMILES string of the molecule is CCCCCCCCCC/C=C\CCCCCCCCCCCCCC(=O)OCC(COC(=O)CCCCCCC)OC(=O)CCCCCCCCCCC/C=C\CCCCCCCCCC. The first-order valence-corrected chi connectivity index (χ1v) is 29.8. The number of unbranched alkanes of at least 4 members (excludes halogenated alkanes) is 40. The predicted molar refractivity (Wildman–Crippen MR) is 289 cm³/mol. The minimum absolute atomic E-state index is 0.0694. The molecule has 0 saturated carbocycles. The van der Waals surface area contributed by atoms with Gasteiger partial charge in [0.1, 0.15) is 13.2 Å². The van der Waals surface area contributed by atoms with E-state index in [0.29, 0.717) is 19.3 Å². The van der Waals surface area contributed by atoms with Gasteiger partial charge in [-0.2, -0.15) is 0 Å². The van der Waals surface area contributed by atoms with Crippen molar-refractivity contribution in [3.8, 4) is 0 Å². The summed E-state index contributed by atoms with van der Waals surface area (Å²) in [5.41, 5.74) is 0. The molecule has 0 N–H and O–H groups in total. The molecular formula is C61H114O6. The molecule has 0 aliphatic rings. The maximum absolute atomic E-state index is 12.8. The van der Waals surface area contributed by atoms with E-state index in [9.17, 15) is 14.4 Å². The molecule has 394 valence electrons. The number of carbonyl (C=O) groups is 3. The van der Waals surface area contributed by atoms with E-state index in [1.54, 1.807) is 0 Å². The molecule has 0 amide bonds. The predicted octanol–water partition coefficient (Wildman–Crippen LogP) is 19.9.